The smallest absolute Gasteiger partial charge is 0.264 e. The molecular weight excluding hydrogens is 400 g/mol. The lowest BCUT2D eigenvalue weighted by Crippen LogP contribution is -2.46. The molecule has 0 N–H and O–H groups in total. The molecule has 0 unspecified atom stereocenters. The molecule has 0 radical (unpaired) electrons. The van der Waals surface area contributed by atoms with Crippen molar-refractivity contribution in [2.45, 2.75) is 25.5 Å². The minimum Gasteiger partial charge on any atom is -0.493 e. The van der Waals surface area contributed by atoms with Crippen LogP contribution in [0, 0.1) is 0 Å². The first kappa shape index (κ1) is 20.2. The monoisotopic (exact) mass is 424 g/mol. The number of aromatic nitrogens is 1. The van der Waals surface area contributed by atoms with Crippen molar-refractivity contribution in [3.05, 3.63) is 70.2 Å². The van der Waals surface area contributed by atoms with E-state index in [2.05, 4.69) is 11.1 Å². The number of carbonyl (C=O) groups excluding carboxylic acids is 1. The zero-order valence-corrected chi connectivity index (χ0v) is 18.0. The molecule has 0 bridgehead atoms. The largest absolute Gasteiger partial charge is 0.493 e. The van der Waals surface area contributed by atoms with Crippen LogP contribution in [0.2, 0.25) is 0 Å². The number of hydrogen-bond donors (Lipinski definition) is 0. The minimum absolute atomic E-state index is 0.0577. The molecule has 1 aromatic carbocycles. The molecule has 0 spiro atoms. The number of pyridine rings is 1. The summed E-state index contributed by atoms with van der Waals surface area (Å²) in [6.07, 6.45) is 3.40. The number of ether oxygens (including phenoxy) is 3. The number of methoxy groups -OCH3 is 2. The number of thiophene rings is 1. The van der Waals surface area contributed by atoms with Gasteiger partial charge in [0, 0.05) is 17.6 Å². The summed E-state index contributed by atoms with van der Waals surface area (Å²) in [6.45, 7) is 2.38. The first-order valence-electron chi connectivity index (χ1n) is 9.77. The summed E-state index contributed by atoms with van der Waals surface area (Å²) >= 11 is 1.64. The highest BCUT2D eigenvalue weighted by atomic mass is 32.1. The van der Waals surface area contributed by atoms with Gasteiger partial charge in [0.25, 0.3) is 5.91 Å². The fourth-order valence-electron chi connectivity index (χ4n) is 3.84. The first-order chi connectivity index (χ1) is 14.6. The van der Waals surface area contributed by atoms with E-state index in [1.54, 1.807) is 57.0 Å². The van der Waals surface area contributed by atoms with Crippen molar-refractivity contribution in [3.8, 4) is 17.2 Å². The minimum atomic E-state index is -0.627. The summed E-state index contributed by atoms with van der Waals surface area (Å²) in [4.78, 5) is 20.5. The van der Waals surface area contributed by atoms with E-state index >= 15 is 0 Å². The van der Waals surface area contributed by atoms with Gasteiger partial charge in [-0.2, -0.15) is 0 Å². The Morgan fingerprint density at radius 3 is 2.67 bits per heavy atom. The Morgan fingerprint density at radius 1 is 1.20 bits per heavy atom. The van der Waals surface area contributed by atoms with Crippen LogP contribution in [0.15, 0.2) is 54.2 Å². The standard InChI is InChI=1S/C23H24N2O4S/c1-15(29-17-6-4-9-24-14-17)23(26)25-10-8-16-12-19(27-2)20(28-3)13-18(16)22(25)21-7-5-11-30-21/h4-7,9,11-15,22H,8,10H2,1-3H3/t15-,22-/m1/s1. The summed E-state index contributed by atoms with van der Waals surface area (Å²) in [5.41, 5.74) is 2.22. The molecular formula is C23H24N2O4S. The van der Waals surface area contributed by atoms with Crippen molar-refractivity contribution in [2.24, 2.45) is 0 Å². The SMILES string of the molecule is COc1cc2c(cc1OC)[C@H](c1cccs1)N(C(=O)[C@@H](C)Oc1cccnc1)CC2. The van der Waals surface area contributed by atoms with Gasteiger partial charge in [-0.1, -0.05) is 6.07 Å². The zero-order valence-electron chi connectivity index (χ0n) is 17.2. The molecule has 4 rings (SSSR count). The molecule has 30 heavy (non-hydrogen) atoms. The molecule has 6 nitrogen and oxygen atoms in total. The Kier molecular flexibility index (Phi) is 5.90. The number of fused-ring (bicyclic) bond motifs is 1. The van der Waals surface area contributed by atoms with Crippen LogP contribution in [-0.4, -0.2) is 42.7 Å². The molecule has 1 aliphatic heterocycles. The van der Waals surface area contributed by atoms with E-state index in [1.807, 2.05) is 28.5 Å². The highest BCUT2D eigenvalue weighted by molar-refractivity contribution is 7.10. The van der Waals surface area contributed by atoms with Crippen LogP contribution in [-0.2, 0) is 11.2 Å². The van der Waals surface area contributed by atoms with Crippen molar-refractivity contribution in [3.63, 3.8) is 0 Å². The van der Waals surface area contributed by atoms with E-state index in [0.717, 1.165) is 22.4 Å². The lowest BCUT2D eigenvalue weighted by atomic mass is 9.90. The molecule has 3 heterocycles. The van der Waals surface area contributed by atoms with Crippen molar-refractivity contribution in [1.82, 2.24) is 9.88 Å². The van der Waals surface area contributed by atoms with E-state index in [-0.39, 0.29) is 11.9 Å². The molecule has 156 valence electrons. The van der Waals surface area contributed by atoms with E-state index in [4.69, 9.17) is 14.2 Å². The van der Waals surface area contributed by atoms with E-state index in [9.17, 15) is 4.79 Å². The second-order valence-corrected chi connectivity index (χ2v) is 8.03. The van der Waals surface area contributed by atoms with Crippen molar-refractivity contribution < 1.29 is 19.0 Å². The predicted octanol–water partition coefficient (Wildman–Crippen LogP) is 4.10. The maximum atomic E-state index is 13.4. The van der Waals surface area contributed by atoms with Crippen LogP contribution in [0.3, 0.4) is 0 Å². The lowest BCUT2D eigenvalue weighted by molar-refractivity contribution is -0.140. The van der Waals surface area contributed by atoms with E-state index in [0.29, 0.717) is 23.8 Å². The molecule has 2 atom stereocenters. The number of carbonyl (C=O) groups is 1. The van der Waals surface area contributed by atoms with Gasteiger partial charge in [-0.15, -0.1) is 11.3 Å². The van der Waals surface area contributed by atoms with Crippen molar-refractivity contribution >= 4 is 17.2 Å². The highest BCUT2D eigenvalue weighted by Gasteiger charge is 2.36. The molecule has 7 heteroatoms. The summed E-state index contributed by atoms with van der Waals surface area (Å²) in [5, 5.41) is 2.03. The Morgan fingerprint density at radius 2 is 2.00 bits per heavy atom. The van der Waals surface area contributed by atoms with Crippen molar-refractivity contribution in [2.75, 3.05) is 20.8 Å². The van der Waals surface area contributed by atoms with E-state index < -0.39 is 6.10 Å². The van der Waals surface area contributed by atoms with Crippen LogP contribution < -0.4 is 14.2 Å². The van der Waals surface area contributed by atoms with E-state index in [1.165, 1.54) is 0 Å². The zero-order chi connectivity index (χ0) is 21.1. The molecule has 0 saturated heterocycles. The van der Waals surface area contributed by atoms with Gasteiger partial charge in [0.15, 0.2) is 17.6 Å². The molecule has 3 aromatic rings. The van der Waals surface area contributed by atoms with Gasteiger partial charge in [-0.25, -0.2) is 0 Å². The Balaban J connectivity index is 1.69. The molecule has 2 aromatic heterocycles. The third-order valence-electron chi connectivity index (χ3n) is 5.26. The number of benzene rings is 1. The van der Waals surface area contributed by atoms with Gasteiger partial charge in [0.1, 0.15) is 5.75 Å². The molecule has 0 aliphatic carbocycles. The average molecular weight is 425 g/mol. The lowest BCUT2D eigenvalue weighted by Gasteiger charge is -2.38. The Hall–Kier alpha value is -3.06. The van der Waals surface area contributed by atoms with Crippen LogP contribution in [0.1, 0.15) is 29.0 Å². The van der Waals surface area contributed by atoms with Crippen molar-refractivity contribution in [1.29, 1.82) is 0 Å². The number of hydrogen-bond acceptors (Lipinski definition) is 6. The quantitative estimate of drug-likeness (QED) is 0.596. The third-order valence-corrected chi connectivity index (χ3v) is 6.19. The van der Waals surface area contributed by atoms with Crippen LogP contribution in [0.5, 0.6) is 17.2 Å². The summed E-state index contributed by atoms with van der Waals surface area (Å²) < 4.78 is 16.9. The fourth-order valence-corrected chi connectivity index (χ4v) is 4.70. The van der Waals surface area contributed by atoms with Gasteiger partial charge < -0.3 is 19.1 Å². The van der Waals surface area contributed by atoms with Gasteiger partial charge in [0.05, 0.1) is 26.5 Å². The second-order valence-electron chi connectivity index (χ2n) is 7.05. The highest BCUT2D eigenvalue weighted by Crippen LogP contribution is 2.42. The van der Waals surface area contributed by atoms with Crippen LogP contribution in [0.25, 0.3) is 0 Å². The maximum absolute atomic E-state index is 13.4. The summed E-state index contributed by atoms with van der Waals surface area (Å²) in [6, 6.07) is 11.5. The Bertz CT molecular complexity index is 1010. The van der Waals surface area contributed by atoms with Crippen LogP contribution in [0.4, 0.5) is 0 Å². The third kappa shape index (κ3) is 3.85. The number of rotatable bonds is 6. The Labute approximate surface area is 180 Å². The van der Waals surface area contributed by atoms with Crippen LogP contribution >= 0.6 is 11.3 Å². The maximum Gasteiger partial charge on any atom is 0.264 e. The molecule has 1 amide bonds. The summed E-state index contributed by atoms with van der Waals surface area (Å²) in [7, 11) is 3.26. The molecule has 0 saturated carbocycles. The molecule has 1 aliphatic rings. The summed E-state index contributed by atoms with van der Waals surface area (Å²) in [5.74, 6) is 1.88. The van der Waals surface area contributed by atoms with Gasteiger partial charge in [-0.3, -0.25) is 9.78 Å². The topological polar surface area (TPSA) is 60.9 Å². The predicted molar refractivity (Wildman–Crippen MR) is 115 cm³/mol. The number of nitrogens with zero attached hydrogens (tertiary/aromatic N) is 2. The number of amides is 1. The van der Waals surface area contributed by atoms with Gasteiger partial charge >= 0.3 is 0 Å². The van der Waals surface area contributed by atoms with Gasteiger partial charge in [-0.05, 0) is 60.2 Å². The second kappa shape index (κ2) is 8.75. The molecule has 0 fully saturated rings. The normalized spacial score (nSPS) is 16.5. The fraction of sp³-hybridized carbons (Fsp3) is 0.304. The van der Waals surface area contributed by atoms with Gasteiger partial charge in [0.2, 0.25) is 0 Å². The average Bonchev–Trinajstić information content (AvgIpc) is 3.31. The first-order valence-corrected chi connectivity index (χ1v) is 10.7.